The fourth-order valence-corrected chi connectivity index (χ4v) is 1.29. The molecule has 0 aromatic carbocycles. The fourth-order valence-electron chi connectivity index (χ4n) is 0.803. The van der Waals surface area contributed by atoms with Gasteiger partial charge in [-0.15, -0.1) is 0 Å². The van der Waals surface area contributed by atoms with E-state index >= 15 is 0 Å². The second-order valence-electron chi connectivity index (χ2n) is 2.49. The molecule has 1 aromatic rings. The van der Waals surface area contributed by atoms with Crippen molar-refractivity contribution >= 4 is 15.8 Å². The van der Waals surface area contributed by atoms with E-state index in [1.54, 1.807) is 0 Å². The van der Waals surface area contributed by atoms with Gasteiger partial charge in [0.15, 0.2) is 0 Å². The van der Waals surface area contributed by atoms with Crippen molar-refractivity contribution in [2.45, 2.75) is 11.3 Å². The van der Waals surface area contributed by atoms with Crippen LogP contribution in [0.25, 0.3) is 0 Å². The topological polar surface area (TPSA) is 99.1 Å². The van der Waals surface area contributed by atoms with Crippen molar-refractivity contribution in [1.82, 2.24) is 4.98 Å². The monoisotopic (exact) mass is 223 g/mol. The van der Waals surface area contributed by atoms with Crippen molar-refractivity contribution in [1.29, 1.82) is 0 Å². The first kappa shape index (κ1) is 10.8. The predicted octanol–water partition coefficient (Wildman–Crippen LogP) is 0.249. The van der Waals surface area contributed by atoms with E-state index in [9.17, 15) is 17.2 Å². The van der Waals surface area contributed by atoms with Crippen LogP contribution in [0.15, 0.2) is 17.2 Å². The maximum atomic E-state index is 12.2. The van der Waals surface area contributed by atoms with Crippen LogP contribution in [-0.4, -0.2) is 13.4 Å². The standard InChI is InChI=1S/C6H7F2N3O2S/c7-5(8)4-1-3(14(10,12)13)2-11-6(4)9/h1-2,5H,(H2,9,11)(H2,10,12,13). The molecular weight excluding hydrogens is 216 g/mol. The Morgan fingerprint density at radius 2 is 2.00 bits per heavy atom. The van der Waals surface area contributed by atoms with Crippen molar-refractivity contribution in [2.24, 2.45) is 5.14 Å². The zero-order chi connectivity index (χ0) is 10.9. The summed E-state index contributed by atoms with van der Waals surface area (Å²) >= 11 is 0. The minimum absolute atomic E-state index is 0.410. The molecule has 0 unspecified atom stereocenters. The van der Waals surface area contributed by atoms with Gasteiger partial charge in [0.1, 0.15) is 10.7 Å². The average molecular weight is 223 g/mol. The van der Waals surface area contributed by atoms with Gasteiger partial charge in [0.25, 0.3) is 6.43 Å². The highest BCUT2D eigenvalue weighted by Gasteiger charge is 2.17. The first-order valence-electron chi connectivity index (χ1n) is 3.38. The van der Waals surface area contributed by atoms with Gasteiger partial charge in [-0.05, 0) is 6.07 Å². The van der Waals surface area contributed by atoms with E-state index in [0.717, 1.165) is 6.20 Å². The van der Waals surface area contributed by atoms with Crippen LogP contribution in [0.4, 0.5) is 14.6 Å². The summed E-state index contributed by atoms with van der Waals surface area (Å²) in [7, 11) is -4.03. The zero-order valence-corrected chi connectivity index (χ0v) is 7.63. The molecule has 0 saturated heterocycles. The minimum atomic E-state index is -4.03. The van der Waals surface area contributed by atoms with Crippen LogP contribution in [0.3, 0.4) is 0 Å². The Kier molecular flexibility index (Phi) is 2.67. The number of hydrogen-bond donors (Lipinski definition) is 2. The molecule has 78 valence electrons. The molecule has 0 spiro atoms. The summed E-state index contributed by atoms with van der Waals surface area (Å²) in [5, 5.41) is 4.72. The molecule has 0 bridgehead atoms. The van der Waals surface area contributed by atoms with E-state index in [1.165, 1.54) is 0 Å². The highest BCUT2D eigenvalue weighted by molar-refractivity contribution is 7.89. The number of sulfonamides is 1. The van der Waals surface area contributed by atoms with Gasteiger partial charge in [-0.3, -0.25) is 0 Å². The van der Waals surface area contributed by atoms with E-state index in [1.807, 2.05) is 0 Å². The Bertz CT molecular complexity index is 446. The molecule has 1 aromatic heterocycles. The van der Waals surface area contributed by atoms with Crippen molar-refractivity contribution < 1.29 is 17.2 Å². The molecule has 0 aliphatic rings. The maximum Gasteiger partial charge on any atom is 0.267 e. The number of hydrogen-bond acceptors (Lipinski definition) is 4. The minimum Gasteiger partial charge on any atom is -0.383 e. The lowest BCUT2D eigenvalue weighted by Crippen LogP contribution is -2.13. The first-order chi connectivity index (χ1) is 6.32. The molecule has 1 rings (SSSR count). The quantitative estimate of drug-likeness (QED) is 0.750. The molecule has 0 amide bonds. The normalized spacial score (nSPS) is 12.0. The summed E-state index contributed by atoms with van der Waals surface area (Å²) < 4.78 is 46.0. The van der Waals surface area contributed by atoms with E-state index in [4.69, 9.17) is 10.9 Å². The largest absolute Gasteiger partial charge is 0.383 e. The molecule has 0 aliphatic heterocycles. The summed E-state index contributed by atoms with van der Waals surface area (Å²) in [5.74, 6) is -0.410. The van der Waals surface area contributed by atoms with E-state index in [0.29, 0.717) is 6.07 Å². The van der Waals surface area contributed by atoms with Gasteiger partial charge in [-0.25, -0.2) is 27.3 Å². The van der Waals surface area contributed by atoms with Crippen LogP contribution in [0.1, 0.15) is 12.0 Å². The van der Waals surface area contributed by atoms with E-state index < -0.39 is 32.7 Å². The van der Waals surface area contributed by atoms with Crippen LogP contribution in [-0.2, 0) is 10.0 Å². The van der Waals surface area contributed by atoms with Gasteiger partial charge in [0.05, 0.1) is 5.56 Å². The number of anilines is 1. The molecule has 0 aliphatic carbocycles. The number of aromatic nitrogens is 1. The predicted molar refractivity (Wildman–Crippen MR) is 45.0 cm³/mol. The van der Waals surface area contributed by atoms with E-state index in [-0.39, 0.29) is 0 Å². The Labute approximate surface area is 78.8 Å². The Balaban J connectivity index is 3.34. The lowest BCUT2D eigenvalue weighted by atomic mass is 10.3. The second-order valence-corrected chi connectivity index (χ2v) is 4.05. The number of primary sulfonamides is 1. The van der Waals surface area contributed by atoms with Gasteiger partial charge in [-0.1, -0.05) is 0 Å². The van der Waals surface area contributed by atoms with Crippen molar-refractivity contribution in [3.05, 3.63) is 17.8 Å². The van der Waals surface area contributed by atoms with Gasteiger partial charge in [0.2, 0.25) is 10.0 Å². The number of nitrogens with zero attached hydrogens (tertiary/aromatic N) is 1. The fraction of sp³-hybridized carbons (Fsp3) is 0.167. The Morgan fingerprint density at radius 1 is 1.43 bits per heavy atom. The van der Waals surface area contributed by atoms with E-state index in [2.05, 4.69) is 4.98 Å². The summed E-state index contributed by atoms with van der Waals surface area (Å²) in [6.45, 7) is 0. The third kappa shape index (κ3) is 2.15. The number of halogens is 2. The molecule has 8 heteroatoms. The van der Waals surface area contributed by atoms with Crippen LogP contribution in [0.5, 0.6) is 0 Å². The van der Waals surface area contributed by atoms with Gasteiger partial charge in [0, 0.05) is 6.20 Å². The molecule has 1 heterocycles. The Morgan fingerprint density at radius 3 is 2.43 bits per heavy atom. The molecular formula is C6H7F2N3O2S. The highest BCUT2D eigenvalue weighted by atomic mass is 32.2. The number of pyridine rings is 1. The molecule has 0 saturated carbocycles. The van der Waals surface area contributed by atoms with Crippen LogP contribution in [0.2, 0.25) is 0 Å². The lowest BCUT2D eigenvalue weighted by molar-refractivity contribution is 0.151. The average Bonchev–Trinajstić information content (AvgIpc) is 2.02. The molecule has 4 N–H and O–H groups in total. The third-order valence-electron chi connectivity index (χ3n) is 1.49. The Hall–Kier alpha value is -1.28. The number of rotatable bonds is 2. The number of nitrogens with two attached hydrogens (primary N) is 2. The SMILES string of the molecule is Nc1ncc(S(N)(=O)=O)cc1C(F)F. The van der Waals surface area contributed by atoms with Crippen molar-refractivity contribution in [3.8, 4) is 0 Å². The van der Waals surface area contributed by atoms with Crippen molar-refractivity contribution in [2.75, 3.05) is 5.73 Å². The van der Waals surface area contributed by atoms with Crippen LogP contribution < -0.4 is 10.9 Å². The molecule has 0 fully saturated rings. The number of nitrogen functional groups attached to an aromatic ring is 1. The molecule has 0 atom stereocenters. The third-order valence-corrected chi connectivity index (χ3v) is 2.37. The van der Waals surface area contributed by atoms with Gasteiger partial charge >= 0.3 is 0 Å². The van der Waals surface area contributed by atoms with Crippen LogP contribution >= 0.6 is 0 Å². The second kappa shape index (κ2) is 3.46. The summed E-state index contributed by atoms with van der Waals surface area (Å²) in [5.41, 5.74) is 4.46. The maximum absolute atomic E-state index is 12.2. The zero-order valence-electron chi connectivity index (χ0n) is 6.81. The summed E-state index contributed by atoms with van der Waals surface area (Å²) in [6, 6.07) is 0.711. The smallest absolute Gasteiger partial charge is 0.267 e. The first-order valence-corrected chi connectivity index (χ1v) is 4.93. The molecule has 14 heavy (non-hydrogen) atoms. The van der Waals surface area contributed by atoms with Crippen molar-refractivity contribution in [3.63, 3.8) is 0 Å². The van der Waals surface area contributed by atoms with Gasteiger partial charge < -0.3 is 5.73 Å². The number of alkyl halides is 2. The summed E-state index contributed by atoms with van der Waals surface area (Å²) in [4.78, 5) is 2.82. The highest BCUT2D eigenvalue weighted by Crippen LogP contribution is 2.24. The van der Waals surface area contributed by atoms with Crippen LogP contribution in [0, 0.1) is 0 Å². The molecule has 0 radical (unpaired) electrons. The summed E-state index contributed by atoms with van der Waals surface area (Å²) in [6.07, 6.45) is -2.06. The van der Waals surface area contributed by atoms with Gasteiger partial charge in [-0.2, -0.15) is 0 Å². The lowest BCUT2D eigenvalue weighted by Gasteiger charge is -2.04. The molecule has 5 nitrogen and oxygen atoms in total.